The summed E-state index contributed by atoms with van der Waals surface area (Å²) >= 11 is 5.53. The van der Waals surface area contributed by atoms with E-state index < -0.39 is 0 Å². The highest BCUT2D eigenvalue weighted by atomic mass is 35.5. The van der Waals surface area contributed by atoms with Gasteiger partial charge in [-0.2, -0.15) is 0 Å². The highest BCUT2D eigenvalue weighted by Gasteiger charge is 1.77. The van der Waals surface area contributed by atoms with E-state index in [1.807, 2.05) is 0 Å². The molecule has 0 spiro atoms. The van der Waals surface area contributed by atoms with Crippen molar-refractivity contribution >= 4 is 11.6 Å². The molecule has 0 aromatic heterocycles. The van der Waals surface area contributed by atoms with Gasteiger partial charge >= 0.3 is 0 Å². The summed E-state index contributed by atoms with van der Waals surface area (Å²) in [5.41, 5.74) is 0. The lowest BCUT2D eigenvalue weighted by molar-refractivity contribution is 0.815. The fourth-order valence-corrected chi connectivity index (χ4v) is 1.02. The molecule has 0 saturated heterocycles. The molecule has 0 unspecified atom stereocenters. The van der Waals surface area contributed by atoms with Gasteiger partial charge in [0.1, 0.15) is 0 Å². The summed E-state index contributed by atoms with van der Waals surface area (Å²) in [6, 6.07) is 0. The molecule has 0 nitrogen and oxygen atoms in total. The maximum atomic E-state index is 5.53. The van der Waals surface area contributed by atoms with Gasteiger partial charge in [0.15, 0.2) is 0 Å². The summed E-state index contributed by atoms with van der Waals surface area (Å²) in [7, 11) is 0. The minimum absolute atomic E-state index is 0.768. The second-order valence-electron chi connectivity index (χ2n) is 2.83. The molecule has 0 aliphatic rings. The molecule has 0 aromatic rings. The molecule has 12 heavy (non-hydrogen) atoms. The molecule has 0 radical (unpaired) electrons. The van der Waals surface area contributed by atoms with Crippen molar-refractivity contribution in [2.75, 3.05) is 5.88 Å². The molecule has 0 atom stereocenters. The number of hydrogen-bond acceptors (Lipinski definition) is 0. The monoisotopic (exact) mass is 186 g/mol. The second kappa shape index (κ2) is 10.8. The van der Waals surface area contributed by atoms with Crippen molar-refractivity contribution in [3.63, 3.8) is 0 Å². The molecule has 0 bridgehead atoms. The van der Waals surface area contributed by atoms with Crippen LogP contribution in [0.15, 0.2) is 24.3 Å². The largest absolute Gasteiger partial charge is 0.127 e. The highest BCUT2D eigenvalue weighted by molar-refractivity contribution is 6.17. The van der Waals surface area contributed by atoms with Crippen molar-refractivity contribution < 1.29 is 0 Å². The molecule has 0 rings (SSSR count). The molecule has 0 aliphatic carbocycles. The third-order valence-corrected chi connectivity index (χ3v) is 1.88. The van der Waals surface area contributed by atoms with Gasteiger partial charge in [-0.3, -0.25) is 0 Å². The Bertz CT molecular complexity index is 109. The van der Waals surface area contributed by atoms with Crippen LogP contribution in [0.2, 0.25) is 0 Å². The van der Waals surface area contributed by atoms with E-state index in [0.717, 1.165) is 18.7 Å². The first-order chi connectivity index (χ1) is 5.91. The molecule has 1 heteroatoms. The van der Waals surface area contributed by atoms with E-state index in [0.29, 0.717) is 0 Å². The van der Waals surface area contributed by atoms with E-state index in [1.165, 1.54) is 19.3 Å². The van der Waals surface area contributed by atoms with Crippen LogP contribution >= 0.6 is 11.6 Å². The number of unbranched alkanes of at least 4 members (excludes halogenated alkanes) is 3. The zero-order valence-corrected chi connectivity index (χ0v) is 8.69. The van der Waals surface area contributed by atoms with Crippen molar-refractivity contribution in [2.45, 2.75) is 39.0 Å². The predicted molar refractivity (Wildman–Crippen MR) is 57.8 cm³/mol. The Morgan fingerprint density at radius 2 is 1.58 bits per heavy atom. The molecule has 0 aromatic carbocycles. The number of halogens is 1. The quantitative estimate of drug-likeness (QED) is 0.316. The summed E-state index contributed by atoms with van der Waals surface area (Å²) in [5.74, 6) is 0.768. The molecule has 70 valence electrons. The van der Waals surface area contributed by atoms with E-state index in [1.54, 1.807) is 0 Å². The first-order valence-corrected chi connectivity index (χ1v) is 5.33. The van der Waals surface area contributed by atoms with Crippen LogP contribution in [0.3, 0.4) is 0 Å². The van der Waals surface area contributed by atoms with E-state index in [-0.39, 0.29) is 0 Å². The number of allylic oxidation sites excluding steroid dienone is 4. The number of alkyl halides is 1. The summed E-state index contributed by atoms with van der Waals surface area (Å²) in [4.78, 5) is 0. The van der Waals surface area contributed by atoms with Gasteiger partial charge in [-0.25, -0.2) is 0 Å². The van der Waals surface area contributed by atoms with Crippen LogP contribution in [-0.2, 0) is 0 Å². The Labute approximate surface area is 81.3 Å². The maximum Gasteiger partial charge on any atom is 0.0226 e. The van der Waals surface area contributed by atoms with Gasteiger partial charge in [0.25, 0.3) is 0 Å². The van der Waals surface area contributed by atoms with Crippen molar-refractivity contribution in [3.8, 4) is 0 Å². The maximum absolute atomic E-state index is 5.53. The van der Waals surface area contributed by atoms with E-state index in [9.17, 15) is 0 Å². The summed E-state index contributed by atoms with van der Waals surface area (Å²) < 4.78 is 0. The van der Waals surface area contributed by atoms with Gasteiger partial charge in [0, 0.05) is 5.88 Å². The smallest absolute Gasteiger partial charge is 0.0226 e. The Kier molecular flexibility index (Phi) is 10.6. The van der Waals surface area contributed by atoms with E-state index >= 15 is 0 Å². The fraction of sp³-hybridized carbons (Fsp3) is 0.636. The second-order valence-corrected chi connectivity index (χ2v) is 3.21. The van der Waals surface area contributed by atoms with Crippen LogP contribution in [0, 0.1) is 0 Å². The summed E-state index contributed by atoms with van der Waals surface area (Å²) in [5, 5.41) is 0. The molecular formula is C11H19Cl. The molecule has 0 fully saturated rings. The third-order valence-electron chi connectivity index (χ3n) is 1.61. The number of hydrogen-bond donors (Lipinski definition) is 0. The molecule has 0 amide bonds. The van der Waals surface area contributed by atoms with Gasteiger partial charge < -0.3 is 0 Å². The highest BCUT2D eigenvalue weighted by Crippen LogP contribution is 1.96. The lowest BCUT2D eigenvalue weighted by Gasteiger charge is -1.86. The van der Waals surface area contributed by atoms with Crippen LogP contribution in [-0.4, -0.2) is 5.88 Å². The summed E-state index contributed by atoms with van der Waals surface area (Å²) in [6.45, 7) is 2.21. The topological polar surface area (TPSA) is 0 Å². The standard InChI is InChI=1S/C11H19Cl/c1-2-3-4-5-6-7-8-9-10-11-12/h5-8H,2-4,9-11H2,1H3/b6-5-,8-7-. The lowest BCUT2D eigenvalue weighted by atomic mass is 10.2. The number of rotatable bonds is 7. The molecule has 0 aliphatic heterocycles. The Hall–Kier alpha value is -0.230. The fourth-order valence-electron chi connectivity index (χ4n) is 0.867. The Morgan fingerprint density at radius 1 is 1.00 bits per heavy atom. The summed E-state index contributed by atoms with van der Waals surface area (Å²) in [6.07, 6.45) is 14.6. The van der Waals surface area contributed by atoms with Crippen molar-refractivity contribution in [2.24, 2.45) is 0 Å². The molecular weight excluding hydrogens is 168 g/mol. The van der Waals surface area contributed by atoms with Gasteiger partial charge in [0.2, 0.25) is 0 Å². The first-order valence-electron chi connectivity index (χ1n) is 4.79. The van der Waals surface area contributed by atoms with E-state index in [4.69, 9.17) is 11.6 Å². The zero-order valence-electron chi connectivity index (χ0n) is 7.93. The van der Waals surface area contributed by atoms with Gasteiger partial charge in [0.05, 0.1) is 0 Å². The average molecular weight is 187 g/mol. The lowest BCUT2D eigenvalue weighted by Crippen LogP contribution is -1.70. The van der Waals surface area contributed by atoms with Crippen LogP contribution < -0.4 is 0 Å². The normalized spacial score (nSPS) is 11.8. The minimum atomic E-state index is 0.768. The van der Waals surface area contributed by atoms with Crippen LogP contribution in [0.25, 0.3) is 0 Å². The van der Waals surface area contributed by atoms with Gasteiger partial charge in [-0.15, -0.1) is 11.6 Å². The first kappa shape index (κ1) is 11.8. The van der Waals surface area contributed by atoms with Crippen molar-refractivity contribution in [1.82, 2.24) is 0 Å². The van der Waals surface area contributed by atoms with Crippen LogP contribution in [0.1, 0.15) is 39.0 Å². The van der Waals surface area contributed by atoms with Crippen LogP contribution in [0.4, 0.5) is 0 Å². The minimum Gasteiger partial charge on any atom is -0.127 e. The van der Waals surface area contributed by atoms with E-state index in [2.05, 4.69) is 31.2 Å². The van der Waals surface area contributed by atoms with Crippen LogP contribution in [0.5, 0.6) is 0 Å². The average Bonchev–Trinajstić information content (AvgIpc) is 2.10. The SMILES string of the molecule is CCCC/C=C\C=C/CCCCl. The van der Waals surface area contributed by atoms with Crippen molar-refractivity contribution in [3.05, 3.63) is 24.3 Å². The van der Waals surface area contributed by atoms with Crippen molar-refractivity contribution in [1.29, 1.82) is 0 Å². The Balaban J connectivity index is 3.15. The van der Waals surface area contributed by atoms with Gasteiger partial charge in [-0.1, -0.05) is 44.1 Å². The zero-order chi connectivity index (χ0) is 9.07. The molecule has 0 N–H and O–H groups in total. The molecule has 0 saturated carbocycles. The predicted octanol–water partition coefficient (Wildman–Crippen LogP) is 4.31. The Morgan fingerprint density at radius 3 is 2.08 bits per heavy atom. The third kappa shape index (κ3) is 9.77. The molecule has 0 heterocycles. The van der Waals surface area contributed by atoms with Gasteiger partial charge in [-0.05, 0) is 19.3 Å².